The summed E-state index contributed by atoms with van der Waals surface area (Å²) in [6.45, 7) is 3.19. The third-order valence-corrected chi connectivity index (χ3v) is 4.42. The second kappa shape index (κ2) is 8.11. The maximum absolute atomic E-state index is 11.9. The molecule has 8 heteroatoms. The summed E-state index contributed by atoms with van der Waals surface area (Å²) < 4.78 is 36.3. The molecule has 0 aliphatic carbocycles. The van der Waals surface area contributed by atoms with Crippen molar-refractivity contribution in [2.24, 2.45) is 0 Å². The lowest BCUT2D eigenvalue weighted by Gasteiger charge is -2.13. The first kappa shape index (κ1) is 18.4. The van der Waals surface area contributed by atoms with Crippen molar-refractivity contribution in [3.63, 3.8) is 0 Å². The van der Waals surface area contributed by atoms with Gasteiger partial charge in [-0.1, -0.05) is 6.07 Å². The highest BCUT2D eigenvalue weighted by Crippen LogP contribution is 2.25. The molecule has 0 radical (unpaired) electrons. The van der Waals surface area contributed by atoms with E-state index < -0.39 is 10.0 Å². The van der Waals surface area contributed by atoms with Crippen LogP contribution in [0.4, 0.5) is 5.69 Å². The third-order valence-electron chi connectivity index (χ3n) is 2.93. The molecule has 124 valence electrons. The SMILES string of the molecule is COc1ccc(CNS(=O)(=O)C[C@H](C)OC)cc1NC(C)=O. The Morgan fingerprint density at radius 3 is 2.55 bits per heavy atom. The topological polar surface area (TPSA) is 93.7 Å². The molecule has 0 aliphatic heterocycles. The molecule has 0 aromatic heterocycles. The molecular weight excluding hydrogens is 308 g/mol. The minimum Gasteiger partial charge on any atom is -0.495 e. The molecule has 1 atom stereocenters. The van der Waals surface area contributed by atoms with Gasteiger partial charge in [-0.3, -0.25) is 4.79 Å². The smallest absolute Gasteiger partial charge is 0.221 e. The molecule has 0 fully saturated rings. The van der Waals surface area contributed by atoms with Crippen LogP contribution in [0.5, 0.6) is 5.75 Å². The van der Waals surface area contributed by atoms with E-state index in [1.807, 2.05) is 0 Å². The van der Waals surface area contributed by atoms with E-state index in [2.05, 4.69) is 10.0 Å². The van der Waals surface area contributed by atoms with Crippen LogP contribution in [0.25, 0.3) is 0 Å². The van der Waals surface area contributed by atoms with Crippen LogP contribution >= 0.6 is 0 Å². The first-order chi connectivity index (χ1) is 10.3. The van der Waals surface area contributed by atoms with Crippen molar-refractivity contribution in [3.05, 3.63) is 23.8 Å². The zero-order chi connectivity index (χ0) is 16.8. The molecule has 1 aromatic rings. The van der Waals surface area contributed by atoms with Crippen molar-refractivity contribution < 1.29 is 22.7 Å². The molecule has 22 heavy (non-hydrogen) atoms. The molecule has 1 amide bonds. The summed E-state index contributed by atoms with van der Waals surface area (Å²) in [7, 11) is -0.479. The summed E-state index contributed by atoms with van der Waals surface area (Å²) in [6.07, 6.45) is -0.386. The van der Waals surface area contributed by atoms with Crippen LogP contribution in [-0.2, 0) is 26.1 Å². The highest BCUT2D eigenvalue weighted by molar-refractivity contribution is 7.89. The lowest BCUT2D eigenvalue weighted by atomic mass is 10.2. The number of rotatable bonds is 8. The molecule has 7 nitrogen and oxygen atoms in total. The van der Waals surface area contributed by atoms with Gasteiger partial charge in [-0.15, -0.1) is 0 Å². The number of nitrogens with one attached hydrogen (secondary N) is 2. The van der Waals surface area contributed by atoms with E-state index in [0.717, 1.165) is 0 Å². The van der Waals surface area contributed by atoms with Gasteiger partial charge in [0.15, 0.2) is 0 Å². The standard InChI is InChI=1S/C14H22N2O5S/c1-10(20-3)9-22(18,19)15-8-12-5-6-14(21-4)13(7-12)16-11(2)17/h5-7,10,15H,8-9H2,1-4H3,(H,16,17)/t10-/m0/s1. The fourth-order valence-electron chi connectivity index (χ4n) is 1.78. The average Bonchev–Trinajstić information content (AvgIpc) is 2.44. The van der Waals surface area contributed by atoms with Gasteiger partial charge in [-0.25, -0.2) is 13.1 Å². The van der Waals surface area contributed by atoms with E-state index in [1.165, 1.54) is 21.1 Å². The number of sulfonamides is 1. The summed E-state index contributed by atoms with van der Waals surface area (Å²) in [6, 6.07) is 5.07. The number of hydrogen-bond donors (Lipinski definition) is 2. The molecule has 0 unspecified atom stereocenters. The summed E-state index contributed by atoms with van der Waals surface area (Å²) in [5, 5.41) is 2.64. The van der Waals surface area contributed by atoms with Gasteiger partial charge in [-0.2, -0.15) is 0 Å². The van der Waals surface area contributed by atoms with Crippen LogP contribution in [0, 0.1) is 0 Å². The first-order valence-corrected chi connectivity index (χ1v) is 8.37. The zero-order valence-electron chi connectivity index (χ0n) is 13.2. The Hall–Kier alpha value is -1.64. The molecule has 1 rings (SSSR count). The van der Waals surface area contributed by atoms with Crippen LogP contribution < -0.4 is 14.8 Å². The fraction of sp³-hybridized carbons (Fsp3) is 0.500. The summed E-state index contributed by atoms with van der Waals surface area (Å²) in [5.74, 6) is 0.165. The number of carbonyl (C=O) groups excluding carboxylic acids is 1. The molecule has 0 saturated heterocycles. The number of ether oxygens (including phenoxy) is 2. The minimum absolute atomic E-state index is 0.113. The molecule has 0 spiro atoms. The predicted octanol–water partition coefficient (Wildman–Crippen LogP) is 1.11. The molecule has 2 N–H and O–H groups in total. The second-order valence-electron chi connectivity index (χ2n) is 4.86. The van der Waals surface area contributed by atoms with E-state index in [9.17, 15) is 13.2 Å². The monoisotopic (exact) mass is 330 g/mol. The predicted molar refractivity (Wildman–Crippen MR) is 84.4 cm³/mol. The van der Waals surface area contributed by atoms with Crippen molar-refractivity contribution >= 4 is 21.6 Å². The van der Waals surface area contributed by atoms with Crippen LogP contribution in [0.1, 0.15) is 19.4 Å². The third kappa shape index (κ3) is 6.00. The zero-order valence-corrected chi connectivity index (χ0v) is 14.0. The van der Waals surface area contributed by atoms with Gasteiger partial charge in [0.25, 0.3) is 0 Å². The normalized spacial score (nSPS) is 12.7. The van der Waals surface area contributed by atoms with E-state index >= 15 is 0 Å². The Labute approximate surface area is 131 Å². The Morgan fingerprint density at radius 2 is 2.00 bits per heavy atom. The van der Waals surface area contributed by atoms with Gasteiger partial charge >= 0.3 is 0 Å². The molecule has 0 bridgehead atoms. The summed E-state index contributed by atoms with van der Waals surface area (Å²) in [5.41, 5.74) is 1.20. The quantitative estimate of drug-likeness (QED) is 0.745. The maximum atomic E-state index is 11.9. The number of carbonyl (C=O) groups is 1. The second-order valence-corrected chi connectivity index (χ2v) is 6.72. The lowest BCUT2D eigenvalue weighted by molar-refractivity contribution is -0.114. The minimum atomic E-state index is -3.44. The van der Waals surface area contributed by atoms with Crippen molar-refractivity contribution in [3.8, 4) is 5.75 Å². The molecule has 1 aromatic carbocycles. The van der Waals surface area contributed by atoms with E-state index in [0.29, 0.717) is 17.0 Å². The van der Waals surface area contributed by atoms with Crippen molar-refractivity contribution in [1.29, 1.82) is 0 Å². The van der Waals surface area contributed by atoms with Crippen LogP contribution in [0.3, 0.4) is 0 Å². The Balaban J connectivity index is 2.80. The number of methoxy groups -OCH3 is 2. The number of amides is 1. The van der Waals surface area contributed by atoms with Gasteiger partial charge in [0.1, 0.15) is 5.75 Å². The Bertz CT molecular complexity index is 616. The summed E-state index contributed by atoms with van der Waals surface area (Å²) >= 11 is 0. The molecule has 0 aliphatic rings. The van der Waals surface area contributed by atoms with Gasteiger partial charge in [0.2, 0.25) is 15.9 Å². The van der Waals surface area contributed by atoms with Crippen molar-refractivity contribution in [1.82, 2.24) is 4.72 Å². The largest absolute Gasteiger partial charge is 0.495 e. The van der Waals surface area contributed by atoms with E-state index in [4.69, 9.17) is 9.47 Å². The van der Waals surface area contributed by atoms with Crippen LogP contribution in [0.15, 0.2) is 18.2 Å². The number of benzene rings is 1. The van der Waals surface area contributed by atoms with Gasteiger partial charge in [0, 0.05) is 20.6 Å². The highest BCUT2D eigenvalue weighted by Gasteiger charge is 2.15. The number of anilines is 1. The van der Waals surface area contributed by atoms with Gasteiger partial charge in [-0.05, 0) is 24.6 Å². The molecule has 0 heterocycles. The highest BCUT2D eigenvalue weighted by atomic mass is 32.2. The van der Waals surface area contributed by atoms with Gasteiger partial charge < -0.3 is 14.8 Å². The number of hydrogen-bond acceptors (Lipinski definition) is 5. The van der Waals surface area contributed by atoms with Crippen LogP contribution in [0.2, 0.25) is 0 Å². The molecular formula is C14H22N2O5S. The van der Waals surface area contributed by atoms with E-state index in [1.54, 1.807) is 25.1 Å². The lowest BCUT2D eigenvalue weighted by Crippen LogP contribution is -2.31. The first-order valence-electron chi connectivity index (χ1n) is 6.72. The molecule has 0 saturated carbocycles. The fourth-order valence-corrected chi connectivity index (χ4v) is 3.04. The average molecular weight is 330 g/mol. The van der Waals surface area contributed by atoms with Crippen molar-refractivity contribution in [2.45, 2.75) is 26.5 Å². The van der Waals surface area contributed by atoms with E-state index in [-0.39, 0.29) is 24.3 Å². The maximum Gasteiger partial charge on any atom is 0.221 e. The Kier molecular flexibility index (Phi) is 6.79. The van der Waals surface area contributed by atoms with Crippen molar-refractivity contribution in [2.75, 3.05) is 25.3 Å². The summed E-state index contributed by atoms with van der Waals surface area (Å²) in [4.78, 5) is 11.2. The van der Waals surface area contributed by atoms with Gasteiger partial charge in [0.05, 0.1) is 24.7 Å². The Morgan fingerprint density at radius 1 is 1.32 bits per heavy atom. The van der Waals surface area contributed by atoms with Crippen LogP contribution in [-0.4, -0.2) is 40.4 Å².